The van der Waals surface area contributed by atoms with Crippen LogP contribution in [0.5, 0.6) is 0 Å². The first-order valence-corrected chi connectivity index (χ1v) is 8.07. The molecule has 1 aliphatic rings. The summed E-state index contributed by atoms with van der Waals surface area (Å²) in [5, 5.41) is 7.39. The molecule has 0 spiro atoms. The number of para-hydroxylation sites is 1. The summed E-state index contributed by atoms with van der Waals surface area (Å²) in [7, 11) is 3.99. The molecule has 1 amide bonds. The first-order chi connectivity index (χ1) is 11.2. The number of rotatable bonds is 5. The van der Waals surface area contributed by atoms with E-state index in [0.29, 0.717) is 18.0 Å². The minimum atomic E-state index is 0.306. The third-order valence-corrected chi connectivity index (χ3v) is 4.37. The average Bonchev–Trinajstić information content (AvgIpc) is 2.56. The van der Waals surface area contributed by atoms with E-state index in [2.05, 4.69) is 20.6 Å². The maximum Gasteiger partial charge on any atom is 0.225 e. The number of aromatic nitrogens is 2. The second kappa shape index (κ2) is 6.81. The Bertz CT molecular complexity index is 680. The standard InChI is InChI=1S/C17H23N5O/c1-22(2)16-14-5-3-4-6-15(14)20-17(21-16)19-13-9-7-12(8-10-13)18-11-23/h3-6,11-13H,7-10H2,1-2H3,(H,18,23)(H,19,20,21). The number of fused-ring (bicyclic) bond motifs is 1. The van der Waals surface area contributed by atoms with Gasteiger partial charge in [-0.3, -0.25) is 4.79 Å². The lowest BCUT2D eigenvalue weighted by molar-refractivity contribution is -0.110. The van der Waals surface area contributed by atoms with Crippen LogP contribution in [0.15, 0.2) is 24.3 Å². The fourth-order valence-electron chi connectivity index (χ4n) is 3.15. The molecule has 1 aliphatic carbocycles. The Balaban J connectivity index is 1.77. The van der Waals surface area contributed by atoms with Gasteiger partial charge >= 0.3 is 0 Å². The molecular formula is C17H23N5O. The smallest absolute Gasteiger partial charge is 0.225 e. The van der Waals surface area contributed by atoms with Crippen molar-refractivity contribution < 1.29 is 4.79 Å². The monoisotopic (exact) mass is 313 g/mol. The fraction of sp³-hybridized carbons (Fsp3) is 0.471. The fourth-order valence-corrected chi connectivity index (χ4v) is 3.15. The summed E-state index contributed by atoms with van der Waals surface area (Å²) in [5.74, 6) is 1.61. The van der Waals surface area contributed by atoms with E-state index >= 15 is 0 Å². The van der Waals surface area contributed by atoms with Crippen molar-refractivity contribution >= 4 is 29.1 Å². The number of carbonyl (C=O) groups is 1. The second-order valence-electron chi connectivity index (χ2n) is 6.26. The number of carbonyl (C=O) groups excluding carboxylic acids is 1. The molecule has 6 heteroatoms. The highest BCUT2D eigenvalue weighted by atomic mass is 16.1. The Morgan fingerprint density at radius 2 is 1.78 bits per heavy atom. The molecule has 1 aromatic heterocycles. The van der Waals surface area contributed by atoms with Crippen molar-refractivity contribution in [3.63, 3.8) is 0 Å². The zero-order chi connectivity index (χ0) is 16.2. The molecule has 0 saturated heterocycles. The van der Waals surface area contributed by atoms with E-state index in [0.717, 1.165) is 48.8 Å². The second-order valence-corrected chi connectivity index (χ2v) is 6.26. The van der Waals surface area contributed by atoms with Gasteiger partial charge in [-0.2, -0.15) is 4.98 Å². The molecule has 0 unspecified atom stereocenters. The zero-order valence-electron chi connectivity index (χ0n) is 13.6. The van der Waals surface area contributed by atoms with Crippen molar-refractivity contribution in [2.45, 2.75) is 37.8 Å². The Kier molecular flexibility index (Phi) is 4.60. The molecule has 1 saturated carbocycles. The van der Waals surface area contributed by atoms with Gasteiger partial charge in [-0.1, -0.05) is 12.1 Å². The third kappa shape index (κ3) is 3.52. The van der Waals surface area contributed by atoms with Gasteiger partial charge in [0, 0.05) is 31.6 Å². The van der Waals surface area contributed by atoms with E-state index in [9.17, 15) is 4.79 Å². The van der Waals surface area contributed by atoms with Gasteiger partial charge in [0.25, 0.3) is 0 Å². The van der Waals surface area contributed by atoms with Gasteiger partial charge in [-0.05, 0) is 37.8 Å². The SMILES string of the molecule is CN(C)c1nc(NC2CCC(NC=O)CC2)nc2ccccc12. The van der Waals surface area contributed by atoms with E-state index in [1.54, 1.807) is 0 Å². The molecule has 23 heavy (non-hydrogen) atoms. The Morgan fingerprint density at radius 3 is 2.48 bits per heavy atom. The Hall–Kier alpha value is -2.37. The van der Waals surface area contributed by atoms with Crippen LogP contribution in [0.3, 0.4) is 0 Å². The van der Waals surface area contributed by atoms with Crippen LogP contribution in [0.2, 0.25) is 0 Å². The predicted octanol–water partition coefficient (Wildman–Crippen LogP) is 2.16. The van der Waals surface area contributed by atoms with Crippen molar-refractivity contribution in [1.29, 1.82) is 0 Å². The molecule has 2 aromatic rings. The highest BCUT2D eigenvalue weighted by Crippen LogP contribution is 2.26. The van der Waals surface area contributed by atoms with Gasteiger partial charge < -0.3 is 15.5 Å². The third-order valence-electron chi connectivity index (χ3n) is 4.37. The summed E-state index contributed by atoms with van der Waals surface area (Å²) < 4.78 is 0. The normalized spacial score (nSPS) is 21.0. The average molecular weight is 313 g/mol. The van der Waals surface area contributed by atoms with E-state index in [4.69, 9.17) is 0 Å². The summed E-state index contributed by atoms with van der Waals surface area (Å²) >= 11 is 0. The highest BCUT2D eigenvalue weighted by Gasteiger charge is 2.21. The first kappa shape index (κ1) is 15.5. The van der Waals surface area contributed by atoms with Crippen LogP contribution in [-0.4, -0.2) is 42.6 Å². The summed E-state index contributed by atoms with van der Waals surface area (Å²) in [6.07, 6.45) is 4.81. The van der Waals surface area contributed by atoms with Gasteiger partial charge in [-0.25, -0.2) is 4.98 Å². The lowest BCUT2D eigenvalue weighted by atomic mass is 9.91. The number of benzene rings is 1. The number of hydrogen-bond acceptors (Lipinski definition) is 5. The van der Waals surface area contributed by atoms with Crippen LogP contribution in [0.1, 0.15) is 25.7 Å². The molecule has 2 N–H and O–H groups in total. The summed E-state index contributed by atoms with van der Waals surface area (Å²) in [4.78, 5) is 21.9. The van der Waals surface area contributed by atoms with Gasteiger partial charge in [0.15, 0.2) is 0 Å². The zero-order valence-corrected chi connectivity index (χ0v) is 13.6. The molecule has 0 aliphatic heterocycles. The molecule has 0 bridgehead atoms. The molecule has 1 heterocycles. The summed E-state index contributed by atoms with van der Waals surface area (Å²) in [6, 6.07) is 8.73. The van der Waals surface area contributed by atoms with Crippen LogP contribution in [-0.2, 0) is 4.79 Å². The lowest BCUT2D eigenvalue weighted by Crippen LogP contribution is -2.36. The van der Waals surface area contributed by atoms with E-state index in [-0.39, 0.29) is 0 Å². The molecule has 1 aromatic carbocycles. The number of nitrogens with one attached hydrogen (secondary N) is 2. The maximum atomic E-state index is 10.5. The Labute approximate surface area is 136 Å². The minimum Gasteiger partial charge on any atom is -0.362 e. The summed E-state index contributed by atoms with van der Waals surface area (Å²) in [6.45, 7) is 0. The molecule has 1 fully saturated rings. The maximum absolute atomic E-state index is 10.5. The van der Waals surface area contributed by atoms with E-state index in [1.165, 1.54) is 0 Å². The quantitative estimate of drug-likeness (QED) is 0.828. The predicted molar refractivity (Wildman–Crippen MR) is 92.7 cm³/mol. The largest absolute Gasteiger partial charge is 0.362 e. The van der Waals surface area contributed by atoms with Crippen LogP contribution < -0.4 is 15.5 Å². The number of anilines is 2. The number of amides is 1. The molecule has 0 radical (unpaired) electrons. The van der Waals surface area contributed by atoms with Crippen molar-refractivity contribution in [3.8, 4) is 0 Å². The number of hydrogen-bond donors (Lipinski definition) is 2. The van der Waals surface area contributed by atoms with Crippen molar-refractivity contribution in [1.82, 2.24) is 15.3 Å². The van der Waals surface area contributed by atoms with Gasteiger partial charge in [0.1, 0.15) is 5.82 Å². The Morgan fingerprint density at radius 1 is 1.09 bits per heavy atom. The van der Waals surface area contributed by atoms with Gasteiger partial charge in [0.05, 0.1) is 5.52 Å². The van der Waals surface area contributed by atoms with E-state index < -0.39 is 0 Å². The van der Waals surface area contributed by atoms with Gasteiger partial charge in [-0.15, -0.1) is 0 Å². The molecule has 6 nitrogen and oxygen atoms in total. The van der Waals surface area contributed by atoms with Crippen LogP contribution in [0, 0.1) is 0 Å². The minimum absolute atomic E-state index is 0.306. The van der Waals surface area contributed by atoms with E-state index in [1.807, 2.05) is 43.3 Å². The molecular weight excluding hydrogens is 290 g/mol. The topological polar surface area (TPSA) is 70.2 Å². The number of nitrogens with zero attached hydrogens (tertiary/aromatic N) is 3. The molecule has 0 atom stereocenters. The highest BCUT2D eigenvalue weighted by molar-refractivity contribution is 5.90. The molecule has 122 valence electrons. The van der Waals surface area contributed by atoms with Crippen LogP contribution in [0.4, 0.5) is 11.8 Å². The van der Waals surface area contributed by atoms with Crippen molar-refractivity contribution in [2.24, 2.45) is 0 Å². The lowest BCUT2D eigenvalue weighted by Gasteiger charge is -2.29. The van der Waals surface area contributed by atoms with Crippen LogP contribution in [0.25, 0.3) is 10.9 Å². The van der Waals surface area contributed by atoms with Crippen molar-refractivity contribution in [2.75, 3.05) is 24.3 Å². The summed E-state index contributed by atoms with van der Waals surface area (Å²) in [5.41, 5.74) is 0.949. The van der Waals surface area contributed by atoms with Gasteiger partial charge in [0.2, 0.25) is 12.4 Å². The van der Waals surface area contributed by atoms with Crippen molar-refractivity contribution in [3.05, 3.63) is 24.3 Å². The van der Waals surface area contributed by atoms with Crippen LogP contribution >= 0.6 is 0 Å². The first-order valence-electron chi connectivity index (χ1n) is 8.07. The molecule has 3 rings (SSSR count).